The quantitative estimate of drug-likeness (QED) is 0.852. The number of anilines is 1. The molecule has 1 aliphatic heterocycles. The summed E-state index contributed by atoms with van der Waals surface area (Å²) in [6, 6.07) is 15.5. The van der Waals surface area contributed by atoms with Crippen molar-refractivity contribution in [3.8, 4) is 0 Å². The number of carbonyl (C=O) groups excluding carboxylic acids is 2. The van der Waals surface area contributed by atoms with E-state index in [0.717, 1.165) is 30.6 Å². The van der Waals surface area contributed by atoms with Gasteiger partial charge in [-0.05, 0) is 55.2 Å². The lowest BCUT2D eigenvalue weighted by molar-refractivity contribution is -0.119. The number of hydrogen-bond acceptors (Lipinski definition) is 2. The van der Waals surface area contributed by atoms with Crippen LogP contribution in [0.3, 0.4) is 0 Å². The van der Waals surface area contributed by atoms with Gasteiger partial charge in [-0.2, -0.15) is 0 Å². The Kier molecular flexibility index (Phi) is 5.17. The van der Waals surface area contributed by atoms with Gasteiger partial charge < -0.3 is 9.80 Å². The smallest absolute Gasteiger partial charge is 0.253 e. The molecule has 4 heteroatoms. The van der Waals surface area contributed by atoms with Crippen molar-refractivity contribution < 1.29 is 9.59 Å². The Labute approximate surface area is 149 Å². The van der Waals surface area contributed by atoms with Crippen LogP contribution in [0.5, 0.6) is 0 Å². The number of aryl methyl sites for hydroxylation is 1. The van der Waals surface area contributed by atoms with Gasteiger partial charge in [0.25, 0.3) is 5.91 Å². The predicted octanol–water partition coefficient (Wildman–Crippen LogP) is 3.78. The molecule has 0 radical (unpaired) electrons. The van der Waals surface area contributed by atoms with Crippen molar-refractivity contribution in [3.05, 3.63) is 65.2 Å². The number of rotatable bonds is 4. The summed E-state index contributed by atoms with van der Waals surface area (Å²) >= 11 is 0. The second kappa shape index (κ2) is 7.51. The summed E-state index contributed by atoms with van der Waals surface area (Å²) in [5.74, 6) is 0.154. The minimum Gasteiger partial charge on any atom is -0.337 e. The van der Waals surface area contributed by atoms with Crippen molar-refractivity contribution in [1.29, 1.82) is 0 Å². The lowest BCUT2D eigenvalue weighted by Gasteiger charge is -2.27. The maximum atomic E-state index is 12.7. The van der Waals surface area contributed by atoms with Crippen molar-refractivity contribution in [2.45, 2.75) is 32.7 Å². The number of carbonyl (C=O) groups is 2. The van der Waals surface area contributed by atoms with Gasteiger partial charge >= 0.3 is 0 Å². The largest absolute Gasteiger partial charge is 0.337 e. The molecule has 3 rings (SSSR count). The standard InChI is InChI=1S/C21H24N2O2/c1-16-7-3-4-8-18(16)15-22(2)21(25)17-10-12-19(13-11-17)23-14-6-5-9-20(23)24/h3-4,7-8,10-13H,5-6,9,14-15H2,1-2H3. The van der Waals surface area contributed by atoms with Crippen molar-refractivity contribution in [1.82, 2.24) is 4.90 Å². The third-order valence-electron chi connectivity index (χ3n) is 4.76. The van der Waals surface area contributed by atoms with Crippen LogP contribution in [0.15, 0.2) is 48.5 Å². The van der Waals surface area contributed by atoms with E-state index in [1.165, 1.54) is 5.56 Å². The maximum Gasteiger partial charge on any atom is 0.253 e. The molecule has 2 aromatic carbocycles. The van der Waals surface area contributed by atoms with E-state index in [1.807, 2.05) is 54.4 Å². The molecule has 1 fully saturated rings. The highest BCUT2D eigenvalue weighted by Gasteiger charge is 2.20. The summed E-state index contributed by atoms with van der Waals surface area (Å²) < 4.78 is 0. The number of hydrogen-bond donors (Lipinski definition) is 0. The molecular formula is C21H24N2O2. The number of nitrogens with zero attached hydrogens (tertiary/aromatic N) is 2. The van der Waals surface area contributed by atoms with Gasteiger partial charge in [0.05, 0.1) is 0 Å². The van der Waals surface area contributed by atoms with Crippen LogP contribution in [0.4, 0.5) is 5.69 Å². The minimum absolute atomic E-state index is 0.0141. The Balaban J connectivity index is 1.70. The zero-order valence-corrected chi connectivity index (χ0v) is 14.9. The Bertz CT molecular complexity index is 768. The van der Waals surface area contributed by atoms with Crippen LogP contribution in [0.2, 0.25) is 0 Å². The Morgan fingerprint density at radius 1 is 1.08 bits per heavy atom. The molecule has 25 heavy (non-hydrogen) atoms. The fourth-order valence-corrected chi connectivity index (χ4v) is 3.20. The topological polar surface area (TPSA) is 40.6 Å². The molecular weight excluding hydrogens is 312 g/mol. The zero-order chi connectivity index (χ0) is 17.8. The lowest BCUT2D eigenvalue weighted by atomic mass is 10.1. The second-order valence-corrected chi connectivity index (χ2v) is 6.64. The molecule has 0 bridgehead atoms. The highest BCUT2D eigenvalue weighted by molar-refractivity contribution is 5.96. The average molecular weight is 336 g/mol. The fraction of sp³-hybridized carbons (Fsp3) is 0.333. The summed E-state index contributed by atoms with van der Waals surface area (Å²) in [5.41, 5.74) is 3.85. The first-order valence-corrected chi connectivity index (χ1v) is 8.76. The molecule has 1 saturated heterocycles. The van der Waals surface area contributed by atoms with Crippen molar-refractivity contribution >= 4 is 17.5 Å². The Morgan fingerprint density at radius 3 is 2.48 bits per heavy atom. The first-order chi connectivity index (χ1) is 12.1. The van der Waals surface area contributed by atoms with E-state index in [4.69, 9.17) is 0 Å². The van der Waals surface area contributed by atoms with Crippen LogP contribution in [-0.2, 0) is 11.3 Å². The third-order valence-corrected chi connectivity index (χ3v) is 4.76. The number of amides is 2. The predicted molar refractivity (Wildman–Crippen MR) is 99.6 cm³/mol. The van der Waals surface area contributed by atoms with Crippen LogP contribution < -0.4 is 4.90 Å². The molecule has 2 amide bonds. The van der Waals surface area contributed by atoms with Crippen LogP contribution in [0.1, 0.15) is 40.7 Å². The van der Waals surface area contributed by atoms with E-state index in [0.29, 0.717) is 18.5 Å². The lowest BCUT2D eigenvalue weighted by Crippen LogP contribution is -2.35. The molecule has 2 aromatic rings. The van der Waals surface area contributed by atoms with Gasteiger partial charge in [0.2, 0.25) is 5.91 Å². The monoisotopic (exact) mass is 336 g/mol. The van der Waals surface area contributed by atoms with E-state index in [1.54, 1.807) is 4.90 Å². The normalized spacial score (nSPS) is 14.5. The summed E-state index contributed by atoms with van der Waals surface area (Å²) in [6.07, 6.45) is 2.61. The summed E-state index contributed by atoms with van der Waals surface area (Å²) in [7, 11) is 1.82. The van der Waals surface area contributed by atoms with Gasteiger partial charge in [0, 0.05) is 37.8 Å². The van der Waals surface area contributed by atoms with Crippen LogP contribution in [-0.4, -0.2) is 30.3 Å². The number of benzene rings is 2. The molecule has 4 nitrogen and oxygen atoms in total. The van der Waals surface area contributed by atoms with Crippen molar-refractivity contribution in [2.75, 3.05) is 18.5 Å². The number of piperidine rings is 1. The molecule has 1 heterocycles. The van der Waals surface area contributed by atoms with E-state index in [-0.39, 0.29) is 11.8 Å². The molecule has 0 atom stereocenters. The molecule has 0 aliphatic carbocycles. The first kappa shape index (κ1) is 17.2. The van der Waals surface area contributed by atoms with E-state index < -0.39 is 0 Å². The van der Waals surface area contributed by atoms with Gasteiger partial charge in [-0.25, -0.2) is 0 Å². The minimum atomic E-state index is -0.0141. The van der Waals surface area contributed by atoms with E-state index in [9.17, 15) is 9.59 Å². The Hall–Kier alpha value is -2.62. The average Bonchev–Trinajstić information content (AvgIpc) is 2.63. The molecule has 0 saturated carbocycles. The molecule has 0 N–H and O–H groups in total. The molecule has 130 valence electrons. The summed E-state index contributed by atoms with van der Waals surface area (Å²) in [6.45, 7) is 3.40. The van der Waals surface area contributed by atoms with Gasteiger partial charge in [-0.1, -0.05) is 24.3 Å². The summed E-state index contributed by atoms with van der Waals surface area (Å²) in [4.78, 5) is 28.2. The van der Waals surface area contributed by atoms with Crippen LogP contribution >= 0.6 is 0 Å². The SMILES string of the molecule is Cc1ccccc1CN(C)C(=O)c1ccc(N2CCCCC2=O)cc1. The first-order valence-electron chi connectivity index (χ1n) is 8.76. The van der Waals surface area contributed by atoms with E-state index in [2.05, 4.69) is 13.0 Å². The van der Waals surface area contributed by atoms with Gasteiger partial charge in [0.15, 0.2) is 0 Å². The Morgan fingerprint density at radius 2 is 1.80 bits per heavy atom. The van der Waals surface area contributed by atoms with Gasteiger partial charge in [-0.15, -0.1) is 0 Å². The zero-order valence-electron chi connectivity index (χ0n) is 14.9. The molecule has 0 aromatic heterocycles. The van der Waals surface area contributed by atoms with Crippen molar-refractivity contribution in [3.63, 3.8) is 0 Å². The van der Waals surface area contributed by atoms with Gasteiger partial charge in [-0.3, -0.25) is 9.59 Å². The fourth-order valence-electron chi connectivity index (χ4n) is 3.20. The molecule has 0 spiro atoms. The van der Waals surface area contributed by atoms with Gasteiger partial charge in [0.1, 0.15) is 0 Å². The maximum absolute atomic E-state index is 12.7. The molecule has 0 unspecified atom stereocenters. The summed E-state index contributed by atoms with van der Waals surface area (Å²) in [5, 5.41) is 0. The van der Waals surface area contributed by atoms with E-state index >= 15 is 0 Å². The van der Waals surface area contributed by atoms with Crippen molar-refractivity contribution in [2.24, 2.45) is 0 Å². The molecule has 1 aliphatic rings. The van der Waals surface area contributed by atoms with Crippen LogP contribution in [0.25, 0.3) is 0 Å². The second-order valence-electron chi connectivity index (χ2n) is 6.64. The highest BCUT2D eigenvalue weighted by Crippen LogP contribution is 2.22. The third kappa shape index (κ3) is 3.90. The van der Waals surface area contributed by atoms with Crippen LogP contribution in [0, 0.1) is 6.92 Å². The highest BCUT2D eigenvalue weighted by atomic mass is 16.2.